The summed E-state index contributed by atoms with van der Waals surface area (Å²) >= 11 is 0. The van der Waals surface area contributed by atoms with Gasteiger partial charge >= 0.3 is 6.03 Å². The standard InChI is InChI=1S/C15H21N3O3/c1-10-5-3-6-12(9-10)16-15(19)17-13-7-4-8-14(11(13)2)18(20)21/h4,7-8,10,12H,3,5-6,9H2,1-2H3,(H2,16,17,19)/t10-,12-/m1/s1. The van der Waals surface area contributed by atoms with Crippen LogP contribution >= 0.6 is 0 Å². The Morgan fingerprint density at radius 2 is 2.14 bits per heavy atom. The van der Waals surface area contributed by atoms with Crippen molar-refractivity contribution in [3.8, 4) is 0 Å². The van der Waals surface area contributed by atoms with Gasteiger partial charge in [-0.2, -0.15) is 0 Å². The number of hydrogen-bond donors (Lipinski definition) is 2. The van der Waals surface area contributed by atoms with Crippen molar-refractivity contribution in [2.75, 3.05) is 5.32 Å². The SMILES string of the molecule is Cc1c(NC(=O)N[C@@H]2CCC[C@@H](C)C2)cccc1[N+](=O)[O-]. The molecule has 0 aliphatic heterocycles. The number of nitrogens with zero attached hydrogens (tertiary/aromatic N) is 1. The summed E-state index contributed by atoms with van der Waals surface area (Å²) in [6, 6.07) is 4.57. The van der Waals surface area contributed by atoms with Gasteiger partial charge in [0.15, 0.2) is 0 Å². The van der Waals surface area contributed by atoms with Gasteiger partial charge in [0.1, 0.15) is 0 Å². The van der Waals surface area contributed by atoms with E-state index in [0.29, 0.717) is 17.2 Å². The van der Waals surface area contributed by atoms with Crippen LogP contribution in [0, 0.1) is 23.0 Å². The zero-order valence-electron chi connectivity index (χ0n) is 12.4. The average molecular weight is 291 g/mol. The Hall–Kier alpha value is -2.11. The maximum absolute atomic E-state index is 12.0. The van der Waals surface area contributed by atoms with Crippen LogP contribution in [0.2, 0.25) is 0 Å². The van der Waals surface area contributed by atoms with Crippen molar-refractivity contribution in [3.63, 3.8) is 0 Å². The van der Waals surface area contributed by atoms with Crippen LogP contribution in [-0.2, 0) is 0 Å². The molecule has 6 nitrogen and oxygen atoms in total. The zero-order valence-corrected chi connectivity index (χ0v) is 12.4. The number of nitro groups is 1. The van der Waals surface area contributed by atoms with Crippen molar-refractivity contribution in [2.45, 2.75) is 45.6 Å². The molecular formula is C15H21N3O3. The zero-order chi connectivity index (χ0) is 15.4. The van der Waals surface area contributed by atoms with Crippen LogP contribution in [0.25, 0.3) is 0 Å². The fourth-order valence-electron chi connectivity index (χ4n) is 2.87. The number of urea groups is 1. The third kappa shape index (κ3) is 3.93. The first-order valence-corrected chi connectivity index (χ1v) is 7.29. The first kappa shape index (κ1) is 15.3. The first-order chi connectivity index (χ1) is 9.97. The van der Waals surface area contributed by atoms with E-state index in [4.69, 9.17) is 0 Å². The van der Waals surface area contributed by atoms with Crippen molar-refractivity contribution >= 4 is 17.4 Å². The maximum atomic E-state index is 12.0. The van der Waals surface area contributed by atoms with Gasteiger partial charge in [0, 0.05) is 12.1 Å². The van der Waals surface area contributed by atoms with E-state index in [9.17, 15) is 14.9 Å². The van der Waals surface area contributed by atoms with E-state index in [1.165, 1.54) is 12.5 Å². The summed E-state index contributed by atoms with van der Waals surface area (Å²) in [7, 11) is 0. The van der Waals surface area contributed by atoms with Gasteiger partial charge in [0.25, 0.3) is 5.69 Å². The summed E-state index contributed by atoms with van der Waals surface area (Å²) in [6.07, 6.45) is 4.32. The van der Waals surface area contributed by atoms with Crippen LogP contribution in [0.3, 0.4) is 0 Å². The van der Waals surface area contributed by atoms with Gasteiger partial charge in [-0.1, -0.05) is 25.8 Å². The second kappa shape index (κ2) is 6.56. The van der Waals surface area contributed by atoms with Gasteiger partial charge < -0.3 is 10.6 Å². The van der Waals surface area contributed by atoms with E-state index < -0.39 is 4.92 Å². The van der Waals surface area contributed by atoms with Gasteiger partial charge in [-0.25, -0.2) is 4.79 Å². The van der Waals surface area contributed by atoms with E-state index in [0.717, 1.165) is 19.3 Å². The summed E-state index contributed by atoms with van der Waals surface area (Å²) in [5, 5.41) is 16.6. The number of hydrogen-bond acceptors (Lipinski definition) is 3. The van der Waals surface area contributed by atoms with Crippen LogP contribution in [0.15, 0.2) is 18.2 Å². The first-order valence-electron chi connectivity index (χ1n) is 7.29. The predicted molar refractivity (Wildman–Crippen MR) is 81.4 cm³/mol. The molecule has 1 saturated carbocycles. The highest BCUT2D eigenvalue weighted by Gasteiger charge is 2.21. The molecule has 1 aliphatic rings. The summed E-state index contributed by atoms with van der Waals surface area (Å²) in [5.41, 5.74) is 0.958. The molecule has 21 heavy (non-hydrogen) atoms. The monoisotopic (exact) mass is 291 g/mol. The molecule has 2 atom stereocenters. The molecule has 2 amide bonds. The lowest BCUT2D eigenvalue weighted by atomic mass is 9.87. The highest BCUT2D eigenvalue weighted by Crippen LogP contribution is 2.26. The van der Waals surface area contributed by atoms with Gasteiger partial charge in [-0.3, -0.25) is 10.1 Å². The Labute approximate surface area is 124 Å². The minimum absolute atomic E-state index is 0.0130. The summed E-state index contributed by atoms with van der Waals surface area (Å²) in [4.78, 5) is 22.5. The Kier molecular flexibility index (Phi) is 4.77. The Morgan fingerprint density at radius 1 is 1.38 bits per heavy atom. The lowest BCUT2D eigenvalue weighted by Gasteiger charge is -2.27. The van der Waals surface area contributed by atoms with E-state index >= 15 is 0 Å². The molecule has 0 bridgehead atoms. The van der Waals surface area contributed by atoms with Crippen LogP contribution in [0.1, 0.15) is 38.2 Å². The summed E-state index contributed by atoms with van der Waals surface area (Å²) in [5.74, 6) is 0.628. The van der Waals surface area contributed by atoms with Crippen LogP contribution in [-0.4, -0.2) is 17.0 Å². The molecule has 0 heterocycles. The normalized spacial score (nSPS) is 21.6. The second-order valence-corrected chi connectivity index (χ2v) is 5.77. The number of carbonyl (C=O) groups is 1. The molecule has 0 spiro atoms. The number of anilines is 1. The second-order valence-electron chi connectivity index (χ2n) is 5.77. The Morgan fingerprint density at radius 3 is 2.81 bits per heavy atom. The molecule has 0 aromatic heterocycles. The number of nitrogens with one attached hydrogen (secondary N) is 2. The number of carbonyl (C=O) groups excluding carboxylic acids is 1. The Balaban J connectivity index is 1.99. The van der Waals surface area contributed by atoms with Crippen molar-refractivity contribution in [2.24, 2.45) is 5.92 Å². The molecule has 1 fully saturated rings. The van der Waals surface area contributed by atoms with Gasteiger partial charge in [-0.15, -0.1) is 0 Å². The molecule has 0 unspecified atom stereocenters. The minimum atomic E-state index is -0.443. The fraction of sp³-hybridized carbons (Fsp3) is 0.533. The minimum Gasteiger partial charge on any atom is -0.335 e. The van der Waals surface area contributed by atoms with Crippen LogP contribution < -0.4 is 10.6 Å². The average Bonchev–Trinajstić information content (AvgIpc) is 2.40. The third-order valence-electron chi connectivity index (χ3n) is 4.02. The quantitative estimate of drug-likeness (QED) is 0.659. The number of benzene rings is 1. The Bertz CT molecular complexity index is 545. The van der Waals surface area contributed by atoms with E-state index in [-0.39, 0.29) is 17.8 Å². The van der Waals surface area contributed by atoms with Crippen LogP contribution in [0.5, 0.6) is 0 Å². The largest absolute Gasteiger partial charge is 0.335 e. The molecule has 0 saturated heterocycles. The lowest BCUT2D eigenvalue weighted by Crippen LogP contribution is -2.40. The van der Waals surface area contributed by atoms with E-state index in [1.807, 2.05) is 0 Å². The summed E-state index contributed by atoms with van der Waals surface area (Å²) < 4.78 is 0. The van der Waals surface area contributed by atoms with Crippen molar-refractivity contribution in [3.05, 3.63) is 33.9 Å². The smallest absolute Gasteiger partial charge is 0.319 e. The highest BCUT2D eigenvalue weighted by atomic mass is 16.6. The third-order valence-corrected chi connectivity index (χ3v) is 4.02. The molecule has 114 valence electrons. The molecule has 2 rings (SSSR count). The number of rotatable bonds is 3. The number of amides is 2. The van der Waals surface area contributed by atoms with Crippen molar-refractivity contribution < 1.29 is 9.72 Å². The van der Waals surface area contributed by atoms with Crippen LogP contribution in [0.4, 0.5) is 16.2 Å². The van der Waals surface area contributed by atoms with Crippen molar-refractivity contribution in [1.82, 2.24) is 5.32 Å². The maximum Gasteiger partial charge on any atom is 0.319 e. The van der Waals surface area contributed by atoms with Gasteiger partial charge in [-0.05, 0) is 31.7 Å². The molecule has 1 aliphatic carbocycles. The fourth-order valence-corrected chi connectivity index (χ4v) is 2.87. The molecule has 0 radical (unpaired) electrons. The summed E-state index contributed by atoms with van der Waals surface area (Å²) in [6.45, 7) is 3.83. The molecule has 6 heteroatoms. The highest BCUT2D eigenvalue weighted by molar-refractivity contribution is 5.90. The van der Waals surface area contributed by atoms with E-state index in [2.05, 4.69) is 17.6 Å². The predicted octanol–water partition coefficient (Wildman–Crippen LogP) is 3.60. The van der Waals surface area contributed by atoms with Gasteiger partial charge in [0.05, 0.1) is 16.2 Å². The molecule has 1 aromatic carbocycles. The number of nitro benzene ring substituents is 1. The molecular weight excluding hydrogens is 270 g/mol. The van der Waals surface area contributed by atoms with Gasteiger partial charge in [0.2, 0.25) is 0 Å². The molecule has 2 N–H and O–H groups in total. The van der Waals surface area contributed by atoms with Crippen molar-refractivity contribution in [1.29, 1.82) is 0 Å². The lowest BCUT2D eigenvalue weighted by molar-refractivity contribution is -0.385. The topological polar surface area (TPSA) is 84.3 Å². The van der Waals surface area contributed by atoms with E-state index in [1.54, 1.807) is 19.1 Å². The molecule has 1 aromatic rings.